The molecule has 3 rings (SSSR count). The number of benzene rings is 1. The van der Waals surface area contributed by atoms with Crippen LogP contribution in [-0.2, 0) is 0 Å². The Balaban J connectivity index is 1.81. The van der Waals surface area contributed by atoms with Crippen LogP contribution in [0.3, 0.4) is 0 Å². The number of oxazole rings is 1. The molecule has 0 spiro atoms. The summed E-state index contributed by atoms with van der Waals surface area (Å²) < 4.78 is 5.79. The standard InChI is InChI=1S/C17H25N3O/c1-16(2)8-12(9-17(3,4)10-16)19-15-20-13-6-5-11(18)7-14(13)21-15/h5-7,12H,8-10,18H2,1-4H3,(H,19,20). The number of nitrogen functional groups attached to an aromatic ring is 1. The zero-order valence-electron chi connectivity index (χ0n) is 13.4. The van der Waals surface area contributed by atoms with Crippen LogP contribution in [0, 0.1) is 10.8 Å². The van der Waals surface area contributed by atoms with Crippen molar-refractivity contribution < 1.29 is 4.42 Å². The molecule has 1 heterocycles. The first-order chi connectivity index (χ1) is 9.72. The zero-order valence-corrected chi connectivity index (χ0v) is 13.4. The molecule has 21 heavy (non-hydrogen) atoms. The van der Waals surface area contributed by atoms with Gasteiger partial charge in [0, 0.05) is 17.8 Å². The Morgan fingerprint density at radius 1 is 1.19 bits per heavy atom. The normalized spacial score (nSPS) is 21.5. The third kappa shape index (κ3) is 3.14. The number of fused-ring (bicyclic) bond motifs is 1. The third-order valence-corrected chi connectivity index (χ3v) is 4.30. The molecule has 0 unspecified atom stereocenters. The number of nitrogens with one attached hydrogen (secondary N) is 1. The van der Waals surface area contributed by atoms with Crippen molar-refractivity contribution in [2.75, 3.05) is 11.1 Å². The predicted octanol–water partition coefficient (Wildman–Crippen LogP) is 4.43. The van der Waals surface area contributed by atoms with E-state index in [0.29, 0.717) is 28.6 Å². The Bertz CT molecular complexity index is 641. The molecule has 1 saturated carbocycles. The fourth-order valence-corrected chi connectivity index (χ4v) is 4.13. The molecule has 4 heteroatoms. The van der Waals surface area contributed by atoms with Crippen LogP contribution in [0.1, 0.15) is 47.0 Å². The molecular weight excluding hydrogens is 262 g/mol. The highest BCUT2D eigenvalue weighted by molar-refractivity contribution is 5.78. The molecule has 3 N–H and O–H groups in total. The van der Waals surface area contributed by atoms with Gasteiger partial charge in [0.15, 0.2) is 5.58 Å². The molecule has 0 saturated heterocycles. The molecule has 1 fully saturated rings. The van der Waals surface area contributed by atoms with Crippen molar-refractivity contribution in [1.29, 1.82) is 0 Å². The Morgan fingerprint density at radius 3 is 2.52 bits per heavy atom. The summed E-state index contributed by atoms with van der Waals surface area (Å²) in [6.07, 6.45) is 3.52. The van der Waals surface area contributed by atoms with E-state index in [9.17, 15) is 0 Å². The smallest absolute Gasteiger partial charge is 0.295 e. The van der Waals surface area contributed by atoms with E-state index in [0.717, 1.165) is 23.9 Å². The maximum Gasteiger partial charge on any atom is 0.295 e. The summed E-state index contributed by atoms with van der Waals surface area (Å²) in [6, 6.07) is 6.57. The first-order valence-corrected chi connectivity index (χ1v) is 7.65. The molecule has 1 aromatic heterocycles. The second kappa shape index (κ2) is 4.65. The lowest BCUT2D eigenvalue weighted by Gasteiger charge is -2.44. The second-order valence-electron chi connectivity index (χ2n) is 8.00. The van der Waals surface area contributed by atoms with Crippen LogP contribution in [0.5, 0.6) is 0 Å². The van der Waals surface area contributed by atoms with E-state index < -0.39 is 0 Å². The number of aromatic nitrogens is 1. The zero-order chi connectivity index (χ0) is 15.3. The molecule has 0 amide bonds. The molecule has 1 aromatic carbocycles. The lowest BCUT2D eigenvalue weighted by Crippen LogP contribution is -2.40. The molecule has 114 valence electrons. The first-order valence-electron chi connectivity index (χ1n) is 7.65. The monoisotopic (exact) mass is 287 g/mol. The van der Waals surface area contributed by atoms with Gasteiger partial charge in [-0.3, -0.25) is 0 Å². The van der Waals surface area contributed by atoms with Crippen LogP contribution in [-0.4, -0.2) is 11.0 Å². The SMILES string of the molecule is CC1(C)CC(Nc2nc3ccc(N)cc3o2)CC(C)(C)C1. The minimum Gasteiger partial charge on any atom is -0.423 e. The third-order valence-electron chi connectivity index (χ3n) is 4.30. The van der Waals surface area contributed by atoms with Crippen LogP contribution in [0.4, 0.5) is 11.7 Å². The molecule has 0 bridgehead atoms. The van der Waals surface area contributed by atoms with Gasteiger partial charge in [0.2, 0.25) is 0 Å². The number of anilines is 2. The van der Waals surface area contributed by atoms with Gasteiger partial charge in [-0.05, 0) is 42.2 Å². The Hall–Kier alpha value is -1.71. The van der Waals surface area contributed by atoms with E-state index in [1.807, 2.05) is 18.2 Å². The summed E-state index contributed by atoms with van der Waals surface area (Å²) in [5, 5.41) is 3.48. The van der Waals surface area contributed by atoms with Crippen molar-refractivity contribution in [3.05, 3.63) is 18.2 Å². The van der Waals surface area contributed by atoms with E-state index in [2.05, 4.69) is 38.0 Å². The Labute approximate surface area is 126 Å². The van der Waals surface area contributed by atoms with Crippen LogP contribution in [0.15, 0.2) is 22.6 Å². The Morgan fingerprint density at radius 2 is 1.86 bits per heavy atom. The topological polar surface area (TPSA) is 64.1 Å². The number of nitrogens with two attached hydrogens (primary N) is 1. The highest BCUT2D eigenvalue weighted by atomic mass is 16.4. The van der Waals surface area contributed by atoms with Gasteiger partial charge in [-0.25, -0.2) is 0 Å². The lowest BCUT2D eigenvalue weighted by molar-refractivity contribution is 0.104. The predicted molar refractivity (Wildman–Crippen MR) is 87.2 cm³/mol. The summed E-state index contributed by atoms with van der Waals surface area (Å²) >= 11 is 0. The van der Waals surface area contributed by atoms with Crippen molar-refractivity contribution in [2.24, 2.45) is 10.8 Å². The minimum absolute atomic E-state index is 0.343. The highest BCUT2D eigenvalue weighted by Crippen LogP contribution is 2.46. The van der Waals surface area contributed by atoms with Gasteiger partial charge in [0.1, 0.15) is 5.52 Å². The average molecular weight is 287 g/mol. The van der Waals surface area contributed by atoms with Gasteiger partial charge < -0.3 is 15.5 Å². The summed E-state index contributed by atoms with van der Waals surface area (Å²) in [6.45, 7) is 9.37. The van der Waals surface area contributed by atoms with Crippen molar-refractivity contribution in [3.8, 4) is 0 Å². The Kier molecular flexibility index (Phi) is 3.15. The van der Waals surface area contributed by atoms with Gasteiger partial charge >= 0.3 is 0 Å². The van der Waals surface area contributed by atoms with Crippen LogP contribution < -0.4 is 11.1 Å². The van der Waals surface area contributed by atoms with Crippen LogP contribution in [0.25, 0.3) is 11.1 Å². The maximum absolute atomic E-state index is 5.79. The van der Waals surface area contributed by atoms with E-state index in [1.165, 1.54) is 6.42 Å². The van der Waals surface area contributed by atoms with Gasteiger partial charge in [-0.2, -0.15) is 4.98 Å². The molecule has 1 aliphatic rings. The highest BCUT2D eigenvalue weighted by Gasteiger charge is 2.38. The van der Waals surface area contributed by atoms with Crippen LogP contribution in [0.2, 0.25) is 0 Å². The fourth-order valence-electron chi connectivity index (χ4n) is 4.13. The largest absolute Gasteiger partial charge is 0.423 e. The van der Waals surface area contributed by atoms with Crippen molar-refractivity contribution in [2.45, 2.75) is 53.0 Å². The van der Waals surface area contributed by atoms with Gasteiger partial charge in [-0.15, -0.1) is 0 Å². The molecule has 0 radical (unpaired) electrons. The number of hydrogen-bond donors (Lipinski definition) is 2. The van der Waals surface area contributed by atoms with E-state index in [-0.39, 0.29) is 0 Å². The van der Waals surface area contributed by atoms with Gasteiger partial charge in [-0.1, -0.05) is 27.7 Å². The lowest BCUT2D eigenvalue weighted by atomic mass is 9.63. The number of nitrogens with zero attached hydrogens (tertiary/aromatic N) is 1. The van der Waals surface area contributed by atoms with E-state index >= 15 is 0 Å². The first kappa shape index (κ1) is 14.2. The van der Waals surface area contributed by atoms with Gasteiger partial charge in [0.05, 0.1) is 0 Å². The van der Waals surface area contributed by atoms with Crippen LogP contribution >= 0.6 is 0 Å². The summed E-state index contributed by atoms with van der Waals surface area (Å²) in [5.74, 6) is 0. The quantitative estimate of drug-likeness (QED) is 0.802. The van der Waals surface area contributed by atoms with Gasteiger partial charge in [0.25, 0.3) is 6.01 Å². The molecular formula is C17H25N3O. The molecule has 1 aliphatic carbocycles. The maximum atomic E-state index is 5.79. The molecule has 0 atom stereocenters. The van der Waals surface area contributed by atoms with E-state index in [4.69, 9.17) is 10.2 Å². The molecule has 0 aliphatic heterocycles. The number of hydrogen-bond acceptors (Lipinski definition) is 4. The summed E-state index contributed by atoms with van der Waals surface area (Å²) in [4.78, 5) is 4.51. The average Bonchev–Trinajstić information content (AvgIpc) is 2.65. The summed E-state index contributed by atoms with van der Waals surface area (Å²) in [7, 11) is 0. The van der Waals surface area contributed by atoms with E-state index in [1.54, 1.807) is 0 Å². The second-order valence-corrected chi connectivity index (χ2v) is 8.00. The van der Waals surface area contributed by atoms with Crippen molar-refractivity contribution >= 4 is 22.8 Å². The minimum atomic E-state index is 0.343. The molecule has 2 aromatic rings. The molecule has 4 nitrogen and oxygen atoms in total. The van der Waals surface area contributed by atoms with Crippen molar-refractivity contribution in [3.63, 3.8) is 0 Å². The fraction of sp³-hybridized carbons (Fsp3) is 0.588. The summed E-state index contributed by atoms with van der Waals surface area (Å²) in [5.41, 5.74) is 8.76. The van der Waals surface area contributed by atoms with Crippen molar-refractivity contribution in [1.82, 2.24) is 4.98 Å². The number of rotatable bonds is 2.